The van der Waals surface area contributed by atoms with Crippen molar-refractivity contribution in [3.05, 3.63) is 85.9 Å². The average Bonchev–Trinajstić information content (AvgIpc) is 2.70. The molecule has 3 aromatic rings. The first-order valence-corrected chi connectivity index (χ1v) is 9.70. The fourth-order valence-electron chi connectivity index (χ4n) is 3.35. The van der Waals surface area contributed by atoms with Gasteiger partial charge in [0.1, 0.15) is 11.4 Å². The molecule has 0 fully saturated rings. The van der Waals surface area contributed by atoms with Gasteiger partial charge in [-0.15, -0.1) is 0 Å². The molecule has 0 aliphatic heterocycles. The quantitative estimate of drug-likeness (QED) is 0.674. The number of benzene rings is 1. The Balaban J connectivity index is 1.85. The first-order chi connectivity index (χ1) is 13.9. The molecule has 1 N–H and O–H groups in total. The van der Waals surface area contributed by atoms with Crippen LogP contribution in [0.3, 0.4) is 0 Å². The Labute approximate surface area is 176 Å². The van der Waals surface area contributed by atoms with Gasteiger partial charge in [-0.3, -0.25) is 19.0 Å². The van der Waals surface area contributed by atoms with E-state index in [9.17, 15) is 14.4 Å². The number of nitrogens with one attached hydrogen (secondary N) is 1. The van der Waals surface area contributed by atoms with Crippen LogP contribution in [0.5, 0.6) is 0 Å². The Morgan fingerprint density at radius 1 is 1.00 bits per heavy atom. The summed E-state index contributed by atoms with van der Waals surface area (Å²) in [5, 5.41) is 3.53. The van der Waals surface area contributed by atoms with Crippen LogP contribution in [0.4, 0.5) is 5.82 Å². The van der Waals surface area contributed by atoms with Crippen molar-refractivity contribution in [1.82, 2.24) is 9.55 Å². The van der Waals surface area contributed by atoms with E-state index in [0.29, 0.717) is 46.3 Å². The third-order valence-electron chi connectivity index (χ3n) is 4.72. The summed E-state index contributed by atoms with van der Waals surface area (Å²) in [6.45, 7) is 0. The molecule has 0 unspecified atom stereocenters. The molecule has 4 rings (SSSR count). The van der Waals surface area contributed by atoms with E-state index in [-0.39, 0.29) is 17.2 Å². The lowest BCUT2D eigenvalue weighted by Gasteiger charge is -2.21. The number of ketones is 1. The Kier molecular flexibility index (Phi) is 5.22. The van der Waals surface area contributed by atoms with Crippen LogP contribution in [0, 0.1) is 0 Å². The second kappa shape index (κ2) is 7.81. The highest BCUT2D eigenvalue weighted by atomic mass is 35.5. The maximum absolute atomic E-state index is 13.2. The van der Waals surface area contributed by atoms with Crippen molar-refractivity contribution >= 4 is 40.7 Å². The van der Waals surface area contributed by atoms with E-state index in [0.717, 1.165) is 0 Å². The first kappa shape index (κ1) is 19.4. The number of hydrogen-bond donors (Lipinski definition) is 1. The highest BCUT2D eigenvalue weighted by Gasteiger charge is 2.26. The van der Waals surface area contributed by atoms with Gasteiger partial charge < -0.3 is 5.32 Å². The summed E-state index contributed by atoms with van der Waals surface area (Å²) in [7, 11) is 0. The predicted octanol–water partition coefficient (Wildman–Crippen LogP) is 4.31. The van der Waals surface area contributed by atoms with Crippen molar-refractivity contribution in [2.45, 2.75) is 19.3 Å². The van der Waals surface area contributed by atoms with Crippen LogP contribution >= 0.6 is 23.2 Å². The number of halogens is 2. The number of rotatable bonds is 3. The lowest BCUT2D eigenvalue weighted by Crippen LogP contribution is -2.33. The topological polar surface area (TPSA) is 81.1 Å². The summed E-state index contributed by atoms with van der Waals surface area (Å²) in [5.74, 6) is -0.484. The predicted molar refractivity (Wildman–Crippen MR) is 112 cm³/mol. The second-order valence-electron chi connectivity index (χ2n) is 6.63. The van der Waals surface area contributed by atoms with Crippen LogP contribution in [-0.2, 0) is 6.42 Å². The maximum Gasteiger partial charge on any atom is 0.268 e. The van der Waals surface area contributed by atoms with Crippen LogP contribution in [0.2, 0.25) is 10.0 Å². The Morgan fingerprint density at radius 2 is 1.72 bits per heavy atom. The molecule has 0 bridgehead atoms. The number of fused-ring (bicyclic) bond motifs is 1. The van der Waals surface area contributed by atoms with E-state index in [1.807, 2.05) is 0 Å². The van der Waals surface area contributed by atoms with Gasteiger partial charge in [0.25, 0.3) is 11.5 Å². The molecule has 1 amide bonds. The molecule has 8 heteroatoms. The van der Waals surface area contributed by atoms with Crippen LogP contribution in [-0.4, -0.2) is 21.2 Å². The zero-order chi connectivity index (χ0) is 20.5. The largest absolute Gasteiger partial charge is 0.306 e. The lowest BCUT2D eigenvalue weighted by atomic mass is 9.92. The molecule has 1 aromatic carbocycles. The SMILES string of the molecule is O=C1CCCc2c1cc(C(=O)Nc1ccc(Cl)cn1)c(=O)n2-c1ccc(Cl)cc1. The Bertz CT molecular complexity index is 1170. The maximum atomic E-state index is 13.2. The number of aromatic nitrogens is 2. The second-order valence-corrected chi connectivity index (χ2v) is 7.50. The number of anilines is 1. The van der Waals surface area contributed by atoms with Crippen molar-refractivity contribution in [3.63, 3.8) is 0 Å². The number of carbonyl (C=O) groups is 2. The first-order valence-electron chi connectivity index (χ1n) is 8.95. The molecular formula is C21H15Cl2N3O3. The zero-order valence-corrected chi connectivity index (χ0v) is 16.6. The smallest absolute Gasteiger partial charge is 0.268 e. The fourth-order valence-corrected chi connectivity index (χ4v) is 3.59. The van der Waals surface area contributed by atoms with Gasteiger partial charge >= 0.3 is 0 Å². The minimum Gasteiger partial charge on any atom is -0.306 e. The van der Waals surface area contributed by atoms with Crippen LogP contribution < -0.4 is 10.9 Å². The summed E-state index contributed by atoms with van der Waals surface area (Å²) in [4.78, 5) is 42.6. The average molecular weight is 428 g/mol. The van der Waals surface area contributed by atoms with Gasteiger partial charge in [-0.1, -0.05) is 23.2 Å². The third-order valence-corrected chi connectivity index (χ3v) is 5.19. The van der Waals surface area contributed by atoms with E-state index in [1.54, 1.807) is 30.3 Å². The fraction of sp³-hybridized carbons (Fsp3) is 0.143. The molecule has 146 valence electrons. The molecule has 0 atom stereocenters. The van der Waals surface area contributed by atoms with Gasteiger partial charge in [0, 0.05) is 34.6 Å². The summed E-state index contributed by atoms with van der Waals surface area (Å²) >= 11 is 11.8. The molecule has 0 spiro atoms. The van der Waals surface area contributed by atoms with E-state index >= 15 is 0 Å². The molecular weight excluding hydrogens is 413 g/mol. The Morgan fingerprint density at radius 3 is 2.41 bits per heavy atom. The van der Waals surface area contributed by atoms with E-state index in [4.69, 9.17) is 23.2 Å². The van der Waals surface area contributed by atoms with Crippen molar-refractivity contribution in [2.75, 3.05) is 5.32 Å². The Hall–Kier alpha value is -2.96. The molecule has 0 radical (unpaired) electrons. The van der Waals surface area contributed by atoms with Crippen molar-refractivity contribution < 1.29 is 9.59 Å². The van der Waals surface area contributed by atoms with Gasteiger partial charge in [0.15, 0.2) is 5.78 Å². The molecule has 1 aliphatic rings. The molecule has 0 saturated heterocycles. The van der Waals surface area contributed by atoms with Crippen molar-refractivity contribution in [3.8, 4) is 5.69 Å². The standard InChI is InChI=1S/C21H15Cl2N3O3/c22-12-4-7-14(8-5-12)26-17-2-1-3-18(27)15(17)10-16(21(26)29)20(28)25-19-9-6-13(23)11-24-19/h4-11H,1-3H2,(H,24,25,28). The summed E-state index contributed by atoms with van der Waals surface area (Å²) in [6.07, 6.45) is 2.99. The minimum atomic E-state index is -0.645. The zero-order valence-electron chi connectivity index (χ0n) is 15.1. The lowest BCUT2D eigenvalue weighted by molar-refractivity contribution is 0.0971. The molecule has 2 aromatic heterocycles. The van der Waals surface area contributed by atoms with Gasteiger partial charge in [0.2, 0.25) is 0 Å². The van der Waals surface area contributed by atoms with E-state index in [2.05, 4.69) is 10.3 Å². The van der Waals surface area contributed by atoms with Gasteiger partial charge in [-0.25, -0.2) is 4.98 Å². The molecule has 6 nitrogen and oxygen atoms in total. The van der Waals surface area contributed by atoms with Crippen molar-refractivity contribution in [1.29, 1.82) is 0 Å². The number of pyridine rings is 2. The number of amides is 1. The van der Waals surface area contributed by atoms with Gasteiger partial charge in [0.05, 0.1) is 5.02 Å². The summed E-state index contributed by atoms with van der Waals surface area (Å²) in [5.41, 5.74) is 0.900. The molecule has 0 saturated carbocycles. The molecule has 2 heterocycles. The van der Waals surface area contributed by atoms with Crippen LogP contribution in [0.1, 0.15) is 39.3 Å². The highest BCUT2D eigenvalue weighted by Crippen LogP contribution is 2.24. The summed E-state index contributed by atoms with van der Waals surface area (Å²) < 4.78 is 1.42. The number of nitrogens with zero attached hydrogens (tertiary/aromatic N) is 2. The monoisotopic (exact) mass is 427 g/mol. The summed E-state index contributed by atoms with van der Waals surface area (Å²) in [6, 6.07) is 11.2. The van der Waals surface area contributed by atoms with Gasteiger partial charge in [-0.05, 0) is 55.3 Å². The number of Topliss-reactive ketones (excluding diaryl/α,β-unsaturated/α-hetero) is 1. The third kappa shape index (κ3) is 3.81. The van der Waals surface area contributed by atoms with E-state index < -0.39 is 11.5 Å². The highest BCUT2D eigenvalue weighted by molar-refractivity contribution is 6.30. The minimum absolute atomic E-state index is 0.0902. The molecule has 29 heavy (non-hydrogen) atoms. The van der Waals surface area contributed by atoms with Crippen LogP contribution in [0.25, 0.3) is 5.69 Å². The number of hydrogen-bond acceptors (Lipinski definition) is 4. The molecule has 1 aliphatic carbocycles. The van der Waals surface area contributed by atoms with Gasteiger partial charge in [-0.2, -0.15) is 0 Å². The van der Waals surface area contributed by atoms with Crippen LogP contribution in [0.15, 0.2) is 53.5 Å². The normalized spacial score (nSPS) is 13.1. The number of carbonyl (C=O) groups excluding carboxylic acids is 2. The van der Waals surface area contributed by atoms with Crippen molar-refractivity contribution in [2.24, 2.45) is 0 Å². The van der Waals surface area contributed by atoms with E-state index in [1.165, 1.54) is 22.9 Å².